The quantitative estimate of drug-likeness (QED) is 0.714. The number of amides is 1. The Hall–Kier alpha value is -2.77. The first-order chi connectivity index (χ1) is 15.2. The Balaban J connectivity index is 1.66. The molecule has 0 bridgehead atoms. The van der Waals surface area contributed by atoms with Crippen LogP contribution in [-0.2, 0) is 13.0 Å². The van der Waals surface area contributed by atoms with Gasteiger partial charge in [0.15, 0.2) is 0 Å². The first-order valence-corrected chi connectivity index (χ1v) is 11.4. The molecule has 32 heavy (non-hydrogen) atoms. The number of piperidine rings is 1. The van der Waals surface area contributed by atoms with Crippen molar-refractivity contribution in [1.29, 1.82) is 0 Å². The van der Waals surface area contributed by atoms with Gasteiger partial charge in [0, 0.05) is 50.8 Å². The number of carbonyl (C=O) groups is 1. The van der Waals surface area contributed by atoms with Gasteiger partial charge in [-0.15, -0.1) is 0 Å². The Kier molecular flexibility index (Phi) is 6.31. The smallest absolute Gasteiger partial charge is 0.257 e. The number of hydrogen-bond acceptors (Lipinski definition) is 5. The fraction of sp³-hybridized carbons (Fsp3) is 0.542. The highest BCUT2D eigenvalue weighted by atomic mass is 19.1. The molecule has 1 aromatic carbocycles. The molecule has 172 valence electrons. The average molecular weight is 444 g/mol. The van der Waals surface area contributed by atoms with E-state index in [1.807, 2.05) is 7.05 Å². The highest BCUT2D eigenvalue weighted by Crippen LogP contribution is 2.31. The molecule has 0 spiro atoms. The van der Waals surface area contributed by atoms with Gasteiger partial charge in [-0.05, 0) is 44.7 Å². The third kappa shape index (κ3) is 4.40. The molecule has 2 aliphatic rings. The second kappa shape index (κ2) is 9.00. The Labute approximate surface area is 188 Å². The molecule has 1 aromatic heterocycles. The van der Waals surface area contributed by atoms with Crippen LogP contribution in [0.25, 0.3) is 0 Å². The van der Waals surface area contributed by atoms with Crippen LogP contribution >= 0.6 is 0 Å². The summed E-state index contributed by atoms with van der Waals surface area (Å²) in [5.41, 5.74) is 1.73. The van der Waals surface area contributed by atoms with Gasteiger partial charge in [-0.1, -0.05) is 6.92 Å². The third-order valence-corrected chi connectivity index (χ3v) is 6.65. The lowest BCUT2D eigenvalue weighted by Gasteiger charge is -2.35. The van der Waals surface area contributed by atoms with Crippen molar-refractivity contribution in [3.8, 4) is 0 Å². The van der Waals surface area contributed by atoms with E-state index in [4.69, 9.17) is 9.97 Å². The van der Waals surface area contributed by atoms with Gasteiger partial charge in [0.05, 0.1) is 17.8 Å². The SMILES string of the molecule is CC1CCN(c2nc3c(c(N(C)C(C)C)n2)CN(C(=O)c2ccc(F)cc2F)CC3)CC1. The highest BCUT2D eigenvalue weighted by molar-refractivity contribution is 5.94. The monoisotopic (exact) mass is 443 g/mol. The highest BCUT2D eigenvalue weighted by Gasteiger charge is 2.30. The molecule has 0 saturated carbocycles. The van der Waals surface area contributed by atoms with Crippen LogP contribution in [0.5, 0.6) is 0 Å². The first-order valence-electron chi connectivity index (χ1n) is 11.4. The van der Waals surface area contributed by atoms with E-state index in [1.54, 1.807) is 4.90 Å². The molecule has 2 aromatic rings. The van der Waals surface area contributed by atoms with Crippen molar-refractivity contribution in [2.24, 2.45) is 5.92 Å². The Morgan fingerprint density at radius 3 is 2.53 bits per heavy atom. The maximum absolute atomic E-state index is 14.2. The number of halogens is 2. The molecular formula is C24H31F2N5O. The summed E-state index contributed by atoms with van der Waals surface area (Å²) in [5.74, 6) is 0.301. The van der Waals surface area contributed by atoms with Crippen LogP contribution < -0.4 is 9.80 Å². The van der Waals surface area contributed by atoms with Crippen LogP contribution in [-0.4, -0.2) is 53.5 Å². The molecule has 0 unspecified atom stereocenters. The minimum Gasteiger partial charge on any atom is -0.357 e. The van der Waals surface area contributed by atoms with Gasteiger partial charge < -0.3 is 14.7 Å². The van der Waals surface area contributed by atoms with Gasteiger partial charge in [0.2, 0.25) is 5.95 Å². The van der Waals surface area contributed by atoms with Crippen LogP contribution in [0.3, 0.4) is 0 Å². The normalized spacial score (nSPS) is 17.0. The van der Waals surface area contributed by atoms with Gasteiger partial charge in [-0.2, -0.15) is 4.98 Å². The molecule has 0 radical (unpaired) electrons. The first kappa shape index (κ1) is 22.4. The van der Waals surface area contributed by atoms with Crippen molar-refractivity contribution in [2.75, 3.05) is 36.5 Å². The van der Waals surface area contributed by atoms with Crippen molar-refractivity contribution in [3.63, 3.8) is 0 Å². The van der Waals surface area contributed by atoms with Crippen LogP contribution in [0.15, 0.2) is 18.2 Å². The van der Waals surface area contributed by atoms with E-state index < -0.39 is 17.5 Å². The largest absolute Gasteiger partial charge is 0.357 e. The molecule has 0 atom stereocenters. The molecule has 4 rings (SSSR count). The second-order valence-corrected chi connectivity index (χ2v) is 9.25. The zero-order chi connectivity index (χ0) is 23.0. The van der Waals surface area contributed by atoms with E-state index in [0.29, 0.717) is 25.4 Å². The molecule has 1 fully saturated rings. The molecule has 1 amide bonds. The molecule has 2 aliphatic heterocycles. The third-order valence-electron chi connectivity index (χ3n) is 6.65. The molecule has 0 N–H and O–H groups in total. The zero-order valence-corrected chi connectivity index (χ0v) is 19.2. The van der Waals surface area contributed by atoms with Gasteiger partial charge >= 0.3 is 0 Å². The topological polar surface area (TPSA) is 52.6 Å². The summed E-state index contributed by atoms with van der Waals surface area (Å²) in [4.78, 5) is 28.8. The lowest BCUT2D eigenvalue weighted by Crippen LogP contribution is -2.40. The van der Waals surface area contributed by atoms with E-state index in [2.05, 4.69) is 30.6 Å². The summed E-state index contributed by atoms with van der Waals surface area (Å²) < 4.78 is 27.5. The second-order valence-electron chi connectivity index (χ2n) is 9.25. The molecule has 6 nitrogen and oxygen atoms in total. The maximum atomic E-state index is 14.2. The molecule has 1 saturated heterocycles. The van der Waals surface area contributed by atoms with Crippen molar-refractivity contribution in [2.45, 2.75) is 52.6 Å². The predicted octanol–water partition coefficient (Wildman–Crippen LogP) is 4.03. The van der Waals surface area contributed by atoms with E-state index in [9.17, 15) is 13.6 Å². The number of carbonyl (C=O) groups excluding carboxylic acids is 1. The number of aromatic nitrogens is 2. The van der Waals surface area contributed by atoms with Crippen molar-refractivity contribution < 1.29 is 13.6 Å². The van der Waals surface area contributed by atoms with Gasteiger partial charge in [0.25, 0.3) is 5.91 Å². The summed E-state index contributed by atoms with van der Waals surface area (Å²) in [6.07, 6.45) is 2.82. The molecule has 3 heterocycles. The number of hydrogen-bond donors (Lipinski definition) is 0. The van der Waals surface area contributed by atoms with E-state index in [0.717, 1.165) is 61.1 Å². The lowest BCUT2D eigenvalue weighted by atomic mass is 9.99. The molecule has 0 aliphatic carbocycles. The number of anilines is 2. The zero-order valence-electron chi connectivity index (χ0n) is 19.2. The number of rotatable bonds is 4. The summed E-state index contributed by atoms with van der Waals surface area (Å²) in [6, 6.07) is 3.28. The van der Waals surface area contributed by atoms with Gasteiger partial charge in [-0.25, -0.2) is 13.8 Å². The fourth-order valence-electron chi connectivity index (χ4n) is 4.28. The Morgan fingerprint density at radius 1 is 1.16 bits per heavy atom. The average Bonchev–Trinajstić information content (AvgIpc) is 2.77. The van der Waals surface area contributed by atoms with Crippen LogP contribution in [0.2, 0.25) is 0 Å². The maximum Gasteiger partial charge on any atom is 0.257 e. The lowest BCUT2D eigenvalue weighted by molar-refractivity contribution is 0.0728. The predicted molar refractivity (Wildman–Crippen MR) is 121 cm³/mol. The summed E-state index contributed by atoms with van der Waals surface area (Å²) in [6.45, 7) is 9.08. The minimum absolute atomic E-state index is 0.117. The van der Waals surface area contributed by atoms with Crippen molar-refractivity contribution >= 4 is 17.7 Å². The number of nitrogens with zero attached hydrogens (tertiary/aromatic N) is 5. The summed E-state index contributed by atoms with van der Waals surface area (Å²) in [7, 11) is 2.00. The summed E-state index contributed by atoms with van der Waals surface area (Å²) in [5, 5.41) is 0. The minimum atomic E-state index is -0.841. The molecule has 8 heteroatoms. The van der Waals surface area contributed by atoms with E-state index >= 15 is 0 Å². The Bertz CT molecular complexity index is 1000. The summed E-state index contributed by atoms with van der Waals surface area (Å²) >= 11 is 0. The van der Waals surface area contributed by atoms with Crippen molar-refractivity contribution in [1.82, 2.24) is 14.9 Å². The molecular weight excluding hydrogens is 412 g/mol. The Morgan fingerprint density at radius 2 is 1.88 bits per heavy atom. The van der Waals surface area contributed by atoms with Gasteiger partial charge in [-0.3, -0.25) is 4.79 Å². The number of fused-ring (bicyclic) bond motifs is 1. The van der Waals surface area contributed by atoms with Gasteiger partial charge in [0.1, 0.15) is 17.5 Å². The van der Waals surface area contributed by atoms with Crippen LogP contribution in [0.4, 0.5) is 20.5 Å². The van der Waals surface area contributed by atoms with E-state index in [1.165, 1.54) is 6.07 Å². The standard InChI is InChI=1S/C24H31F2N5O/c1-15(2)29(4)22-19-14-31(23(32)18-6-5-17(25)13-20(18)26)12-9-21(19)27-24(28-22)30-10-7-16(3)8-11-30/h5-6,13,15-16H,7-12,14H2,1-4H3. The van der Waals surface area contributed by atoms with E-state index in [-0.39, 0.29) is 11.6 Å². The van der Waals surface area contributed by atoms with Crippen molar-refractivity contribution in [3.05, 3.63) is 46.7 Å². The van der Waals surface area contributed by atoms with Crippen LogP contribution in [0, 0.1) is 17.6 Å². The fourth-order valence-corrected chi connectivity index (χ4v) is 4.28. The number of benzene rings is 1. The van der Waals surface area contributed by atoms with Crippen LogP contribution in [0.1, 0.15) is 55.2 Å².